The number of aliphatic hydroxyl groups excluding tert-OH is 4. The summed E-state index contributed by atoms with van der Waals surface area (Å²) in [7, 11) is 0. The topological polar surface area (TPSA) is 209 Å². The standard InChI is InChI=1S/C31H44O13/c1-26(2)17-11-18(33)29(5)16(28(17,4)30(6,39)44-26)7-9-27(3,31(29)23(43-31)24(37)38)22(14-8-10-40-13-14)42-25-21(36)20(35)19(34)15(12-32)41-25/h8,10,13,15-17,19-23,25,32,34-36,39H,7,9,11-12H2,1-6H3,(H,37,38). The molecule has 5 fully saturated rings. The monoisotopic (exact) mass is 624 g/mol. The highest BCUT2D eigenvalue weighted by Crippen LogP contribution is 2.79. The zero-order valence-corrected chi connectivity index (χ0v) is 25.8. The van der Waals surface area contributed by atoms with Crippen LogP contribution in [0, 0.1) is 28.1 Å². The molecule has 5 aliphatic rings. The summed E-state index contributed by atoms with van der Waals surface area (Å²) in [5.74, 6) is -3.99. The van der Waals surface area contributed by atoms with Gasteiger partial charge in [0.05, 0.1) is 36.3 Å². The first kappa shape index (κ1) is 32.0. The molecular weight excluding hydrogens is 580 g/mol. The van der Waals surface area contributed by atoms with Gasteiger partial charge in [0.25, 0.3) is 0 Å². The molecule has 14 atom stereocenters. The van der Waals surface area contributed by atoms with E-state index in [0.29, 0.717) is 12.0 Å². The first-order valence-corrected chi connectivity index (χ1v) is 15.2. The number of ether oxygens (including phenoxy) is 4. The van der Waals surface area contributed by atoms with E-state index in [0.717, 1.165) is 0 Å². The van der Waals surface area contributed by atoms with Crippen LogP contribution in [0.4, 0.5) is 0 Å². The Morgan fingerprint density at radius 2 is 1.75 bits per heavy atom. The molecule has 3 aliphatic heterocycles. The number of rotatable bonds is 6. The summed E-state index contributed by atoms with van der Waals surface area (Å²) in [5.41, 5.74) is -5.68. The minimum absolute atomic E-state index is 0.0319. The van der Waals surface area contributed by atoms with E-state index in [1.165, 1.54) is 12.5 Å². The van der Waals surface area contributed by atoms with Gasteiger partial charge in [-0.2, -0.15) is 0 Å². The normalized spacial score (nSPS) is 51.9. The maximum absolute atomic E-state index is 14.5. The van der Waals surface area contributed by atoms with E-state index < -0.39 is 94.6 Å². The summed E-state index contributed by atoms with van der Waals surface area (Å²) in [6.07, 6.45) is -6.90. The van der Waals surface area contributed by atoms with Gasteiger partial charge in [-0.25, -0.2) is 4.79 Å². The molecule has 1 spiro atoms. The molecule has 14 unspecified atom stereocenters. The second-order valence-corrected chi connectivity index (χ2v) is 14.7. The number of furan rings is 1. The lowest BCUT2D eigenvalue weighted by Gasteiger charge is -2.64. The van der Waals surface area contributed by atoms with Gasteiger partial charge in [0.2, 0.25) is 0 Å². The fourth-order valence-corrected chi connectivity index (χ4v) is 10.1. The average Bonchev–Trinajstić information content (AvgIpc) is 3.46. The van der Waals surface area contributed by atoms with Crippen molar-refractivity contribution in [2.24, 2.45) is 28.1 Å². The maximum Gasteiger partial charge on any atom is 0.335 e. The molecule has 2 aliphatic carbocycles. The van der Waals surface area contributed by atoms with Crippen LogP contribution in [-0.2, 0) is 28.5 Å². The molecule has 0 amide bonds. The van der Waals surface area contributed by atoms with Crippen LogP contribution < -0.4 is 0 Å². The van der Waals surface area contributed by atoms with Crippen molar-refractivity contribution in [3.05, 3.63) is 24.2 Å². The van der Waals surface area contributed by atoms with Gasteiger partial charge in [0.1, 0.15) is 35.8 Å². The highest BCUT2D eigenvalue weighted by atomic mass is 16.7. The Hall–Kier alpha value is -1.94. The number of fused-ring (bicyclic) bond motifs is 4. The minimum atomic E-state index is -1.73. The Kier molecular flexibility index (Phi) is 7.12. The molecule has 6 N–H and O–H groups in total. The van der Waals surface area contributed by atoms with Gasteiger partial charge in [-0.15, -0.1) is 0 Å². The summed E-state index contributed by atoms with van der Waals surface area (Å²) < 4.78 is 30.0. The number of ketones is 1. The van der Waals surface area contributed by atoms with E-state index >= 15 is 0 Å². The fourth-order valence-electron chi connectivity index (χ4n) is 10.1. The van der Waals surface area contributed by atoms with Crippen molar-refractivity contribution >= 4 is 11.8 Å². The lowest BCUT2D eigenvalue weighted by atomic mass is 9.37. The zero-order chi connectivity index (χ0) is 32.4. The highest BCUT2D eigenvalue weighted by molar-refractivity contribution is 5.92. The number of carboxylic acids is 1. The lowest BCUT2D eigenvalue weighted by Crippen LogP contribution is -2.71. The van der Waals surface area contributed by atoms with Crippen molar-refractivity contribution in [3.8, 4) is 0 Å². The second kappa shape index (κ2) is 9.79. The largest absolute Gasteiger partial charge is 0.479 e. The predicted molar refractivity (Wildman–Crippen MR) is 147 cm³/mol. The Morgan fingerprint density at radius 1 is 1.07 bits per heavy atom. The molecule has 1 aromatic rings. The number of carboxylic acid groups (broad SMARTS) is 1. The van der Waals surface area contributed by atoms with Gasteiger partial charge in [0.15, 0.2) is 18.2 Å². The third-order valence-electron chi connectivity index (χ3n) is 12.4. The summed E-state index contributed by atoms with van der Waals surface area (Å²) >= 11 is 0. The lowest BCUT2D eigenvalue weighted by molar-refractivity contribution is -0.329. The molecule has 1 aromatic heterocycles. The SMILES string of the molecule is CC1(C)OC(C)(O)C2(C)C1CC(=O)C1(C)C2CCC(C)(C(OC2OC(CO)C(O)C(O)C2O)c2ccoc2)C12OC2C(=O)O. The smallest absolute Gasteiger partial charge is 0.335 e. The van der Waals surface area contributed by atoms with Crippen LogP contribution in [0.3, 0.4) is 0 Å². The Labute approximate surface area is 255 Å². The molecule has 44 heavy (non-hydrogen) atoms. The van der Waals surface area contributed by atoms with Gasteiger partial charge >= 0.3 is 5.97 Å². The van der Waals surface area contributed by atoms with E-state index in [2.05, 4.69) is 0 Å². The molecule has 13 heteroatoms. The molecule has 0 bridgehead atoms. The van der Waals surface area contributed by atoms with Crippen LogP contribution >= 0.6 is 0 Å². The van der Waals surface area contributed by atoms with E-state index in [4.69, 9.17) is 23.4 Å². The van der Waals surface area contributed by atoms with Gasteiger partial charge in [-0.05, 0) is 52.5 Å². The van der Waals surface area contributed by atoms with Gasteiger partial charge < -0.3 is 54.0 Å². The van der Waals surface area contributed by atoms with Crippen molar-refractivity contribution < 1.29 is 63.6 Å². The third kappa shape index (κ3) is 3.79. The number of epoxide rings is 1. The third-order valence-corrected chi connectivity index (χ3v) is 12.4. The molecule has 0 aromatic carbocycles. The number of carbonyl (C=O) groups is 2. The highest BCUT2D eigenvalue weighted by Gasteiger charge is 2.88. The van der Waals surface area contributed by atoms with E-state index in [1.54, 1.807) is 26.8 Å². The molecule has 246 valence electrons. The molecule has 4 heterocycles. The first-order chi connectivity index (χ1) is 20.3. The minimum Gasteiger partial charge on any atom is -0.479 e. The molecule has 13 nitrogen and oxygen atoms in total. The van der Waals surface area contributed by atoms with Crippen LogP contribution in [0.15, 0.2) is 23.0 Å². The predicted octanol–water partition coefficient (Wildman–Crippen LogP) is 0.895. The molecule has 2 saturated carbocycles. The van der Waals surface area contributed by atoms with Crippen LogP contribution in [0.5, 0.6) is 0 Å². The molecule has 0 radical (unpaired) electrons. The number of hydrogen-bond acceptors (Lipinski definition) is 12. The maximum atomic E-state index is 14.5. The number of aliphatic hydroxyl groups is 5. The van der Waals surface area contributed by atoms with Crippen LogP contribution in [0.2, 0.25) is 0 Å². The van der Waals surface area contributed by atoms with Crippen molar-refractivity contribution in [3.63, 3.8) is 0 Å². The number of Topliss-reactive ketones (excluding diaryl/α,β-unsaturated/α-hetero) is 1. The van der Waals surface area contributed by atoms with Gasteiger partial charge in [-0.3, -0.25) is 4.79 Å². The molecular formula is C31H44O13. The Bertz CT molecular complexity index is 1310. The zero-order valence-electron chi connectivity index (χ0n) is 25.8. The van der Waals surface area contributed by atoms with E-state index in [9.17, 15) is 40.2 Å². The van der Waals surface area contributed by atoms with Crippen molar-refractivity contribution in [1.82, 2.24) is 0 Å². The van der Waals surface area contributed by atoms with E-state index in [-0.39, 0.29) is 24.5 Å². The summed E-state index contributed by atoms with van der Waals surface area (Å²) in [4.78, 5) is 27.3. The second-order valence-electron chi connectivity index (χ2n) is 14.7. The quantitative estimate of drug-likeness (QED) is 0.243. The van der Waals surface area contributed by atoms with Crippen LogP contribution in [0.25, 0.3) is 0 Å². The van der Waals surface area contributed by atoms with E-state index in [1.807, 2.05) is 20.8 Å². The number of hydrogen-bond donors (Lipinski definition) is 6. The van der Waals surface area contributed by atoms with Crippen molar-refractivity contribution in [2.75, 3.05) is 6.61 Å². The van der Waals surface area contributed by atoms with Crippen molar-refractivity contribution in [2.45, 2.75) is 121 Å². The molecule has 3 saturated heterocycles. The molecule has 6 rings (SSSR count). The Balaban J connectivity index is 1.49. The number of aliphatic carboxylic acids is 1. The first-order valence-electron chi connectivity index (χ1n) is 15.2. The van der Waals surface area contributed by atoms with Gasteiger partial charge in [0, 0.05) is 28.7 Å². The van der Waals surface area contributed by atoms with Gasteiger partial charge in [-0.1, -0.05) is 13.8 Å². The van der Waals surface area contributed by atoms with Crippen LogP contribution in [0.1, 0.15) is 72.5 Å². The average molecular weight is 625 g/mol. The summed E-state index contributed by atoms with van der Waals surface area (Å²) in [6, 6.07) is 1.61. The van der Waals surface area contributed by atoms with Crippen molar-refractivity contribution in [1.29, 1.82) is 0 Å². The summed E-state index contributed by atoms with van der Waals surface area (Å²) in [5, 5.41) is 63.6. The Morgan fingerprint density at radius 3 is 2.32 bits per heavy atom. The van der Waals surface area contributed by atoms with Crippen LogP contribution in [-0.4, -0.2) is 103 Å². The fraction of sp³-hybridized carbons (Fsp3) is 0.806. The summed E-state index contributed by atoms with van der Waals surface area (Å²) in [6.45, 7) is 10.1. The number of carbonyl (C=O) groups excluding carboxylic acids is 1.